The van der Waals surface area contributed by atoms with E-state index in [9.17, 15) is 9.90 Å². The number of aliphatic hydroxyl groups is 1. The number of β-amino-alcohol motifs (C(OH)–C–C–N with tert-alkyl or cyclic N) is 1. The number of hydrogen-bond donors (Lipinski definition) is 1. The Morgan fingerprint density at radius 1 is 1.08 bits per heavy atom. The maximum atomic E-state index is 12.9. The molecule has 2 aromatic rings. The second-order valence-electron chi connectivity index (χ2n) is 5.97. The molecular formula is C20H20ClNO2. The van der Waals surface area contributed by atoms with E-state index in [0.29, 0.717) is 30.1 Å². The Hall–Kier alpha value is -2.10. The van der Waals surface area contributed by atoms with Crippen molar-refractivity contribution in [2.75, 3.05) is 13.1 Å². The van der Waals surface area contributed by atoms with Gasteiger partial charge in [-0.25, -0.2) is 0 Å². The molecule has 1 N–H and O–H groups in total. The van der Waals surface area contributed by atoms with Crippen LogP contribution < -0.4 is 0 Å². The second-order valence-corrected chi connectivity index (χ2v) is 6.41. The van der Waals surface area contributed by atoms with Gasteiger partial charge in [0.05, 0.1) is 11.7 Å². The van der Waals surface area contributed by atoms with Crippen LogP contribution in [0.1, 0.15) is 24.5 Å². The third-order valence-electron chi connectivity index (χ3n) is 4.31. The van der Waals surface area contributed by atoms with Crippen molar-refractivity contribution in [1.82, 2.24) is 4.90 Å². The van der Waals surface area contributed by atoms with Gasteiger partial charge >= 0.3 is 0 Å². The molecule has 1 atom stereocenters. The fourth-order valence-corrected chi connectivity index (χ4v) is 3.08. The molecule has 1 aliphatic heterocycles. The Morgan fingerprint density at radius 2 is 1.75 bits per heavy atom. The van der Waals surface area contributed by atoms with Gasteiger partial charge in [-0.15, -0.1) is 0 Å². The summed E-state index contributed by atoms with van der Waals surface area (Å²) in [6.07, 6.45) is 0.122. The summed E-state index contributed by atoms with van der Waals surface area (Å²) in [5.41, 5.74) is 3.58. The first-order valence-electron chi connectivity index (χ1n) is 8.12. The third-order valence-corrected chi connectivity index (χ3v) is 4.56. The quantitative estimate of drug-likeness (QED) is 0.897. The Kier molecular flexibility index (Phi) is 5.03. The summed E-state index contributed by atoms with van der Waals surface area (Å²) < 4.78 is 0. The molecule has 0 fully saturated rings. The molecule has 4 heteroatoms. The van der Waals surface area contributed by atoms with E-state index in [-0.39, 0.29) is 5.91 Å². The lowest BCUT2D eigenvalue weighted by Crippen LogP contribution is -2.34. The van der Waals surface area contributed by atoms with Gasteiger partial charge in [0.25, 0.3) is 5.91 Å². The Bertz CT molecular complexity index is 753. The fourth-order valence-electron chi connectivity index (χ4n) is 2.95. The van der Waals surface area contributed by atoms with Gasteiger partial charge in [-0.2, -0.15) is 0 Å². The predicted molar refractivity (Wildman–Crippen MR) is 97.6 cm³/mol. The zero-order valence-corrected chi connectivity index (χ0v) is 14.3. The maximum absolute atomic E-state index is 12.9. The molecule has 124 valence electrons. The molecule has 0 spiro atoms. The number of aliphatic hydroxyl groups excluding tert-OH is 1. The Morgan fingerprint density at radius 3 is 2.38 bits per heavy atom. The van der Waals surface area contributed by atoms with Gasteiger partial charge in [0.2, 0.25) is 0 Å². The number of halogens is 1. The number of carbonyl (C=O) groups is 1. The lowest BCUT2D eigenvalue weighted by molar-refractivity contribution is -0.124. The van der Waals surface area contributed by atoms with Crippen LogP contribution in [-0.2, 0) is 4.79 Å². The highest BCUT2D eigenvalue weighted by molar-refractivity contribution is 6.31. The van der Waals surface area contributed by atoms with E-state index in [1.807, 2.05) is 61.5 Å². The molecule has 24 heavy (non-hydrogen) atoms. The molecule has 1 heterocycles. The Balaban J connectivity index is 2.03. The summed E-state index contributed by atoms with van der Waals surface area (Å²) in [4.78, 5) is 14.7. The number of rotatable bonds is 5. The highest BCUT2D eigenvalue weighted by Gasteiger charge is 2.32. The summed E-state index contributed by atoms with van der Waals surface area (Å²) in [5.74, 6) is -0.0290. The van der Waals surface area contributed by atoms with E-state index in [0.717, 1.165) is 16.7 Å². The summed E-state index contributed by atoms with van der Waals surface area (Å²) >= 11 is 5.99. The molecule has 3 nitrogen and oxygen atoms in total. The minimum atomic E-state index is -0.504. The minimum Gasteiger partial charge on any atom is -0.391 e. The lowest BCUT2D eigenvalue weighted by atomic mass is 9.97. The van der Waals surface area contributed by atoms with Crippen molar-refractivity contribution >= 4 is 28.7 Å². The van der Waals surface area contributed by atoms with Gasteiger partial charge in [-0.3, -0.25) is 4.79 Å². The van der Waals surface area contributed by atoms with Crippen LogP contribution in [0.3, 0.4) is 0 Å². The highest BCUT2D eigenvalue weighted by atomic mass is 35.5. The van der Waals surface area contributed by atoms with Crippen molar-refractivity contribution in [2.45, 2.75) is 19.4 Å². The monoisotopic (exact) mass is 341 g/mol. The van der Waals surface area contributed by atoms with Gasteiger partial charge < -0.3 is 10.0 Å². The molecule has 0 radical (unpaired) electrons. The average Bonchev–Trinajstić information content (AvgIpc) is 2.92. The predicted octanol–water partition coefficient (Wildman–Crippen LogP) is 3.86. The zero-order chi connectivity index (χ0) is 17.1. The van der Waals surface area contributed by atoms with E-state index in [1.165, 1.54) is 0 Å². The summed E-state index contributed by atoms with van der Waals surface area (Å²) in [7, 11) is 0. The standard InChI is InChI=1S/C20H20ClNO2/c1-2-17(23)12-22-13-18(14-8-10-16(21)11-9-14)19(20(22)24)15-6-4-3-5-7-15/h3-11,17,23H,2,12-13H2,1H3/t17-/m1/s1. The molecule has 0 saturated carbocycles. The van der Waals surface area contributed by atoms with E-state index in [2.05, 4.69) is 0 Å². The number of amides is 1. The maximum Gasteiger partial charge on any atom is 0.255 e. The van der Waals surface area contributed by atoms with Crippen molar-refractivity contribution in [3.8, 4) is 0 Å². The normalized spacial score (nSPS) is 16.0. The van der Waals surface area contributed by atoms with E-state index < -0.39 is 6.10 Å². The molecule has 0 unspecified atom stereocenters. The van der Waals surface area contributed by atoms with Crippen molar-refractivity contribution in [3.63, 3.8) is 0 Å². The van der Waals surface area contributed by atoms with Crippen molar-refractivity contribution in [2.24, 2.45) is 0 Å². The fraction of sp³-hybridized carbons (Fsp3) is 0.250. The average molecular weight is 342 g/mol. The summed E-state index contributed by atoms with van der Waals surface area (Å²) in [6, 6.07) is 17.2. The lowest BCUT2D eigenvalue weighted by Gasteiger charge is -2.20. The molecule has 2 aromatic carbocycles. The van der Waals surface area contributed by atoms with Crippen LogP contribution in [0.25, 0.3) is 11.1 Å². The molecular weight excluding hydrogens is 322 g/mol. The van der Waals surface area contributed by atoms with Crippen molar-refractivity contribution in [3.05, 3.63) is 70.7 Å². The molecule has 1 amide bonds. The van der Waals surface area contributed by atoms with Crippen LogP contribution in [0.5, 0.6) is 0 Å². The van der Waals surface area contributed by atoms with Crippen LogP contribution in [0.4, 0.5) is 0 Å². The van der Waals surface area contributed by atoms with Crippen molar-refractivity contribution in [1.29, 1.82) is 0 Å². The number of nitrogens with zero attached hydrogens (tertiary/aromatic N) is 1. The molecule has 0 aromatic heterocycles. The SMILES string of the molecule is CC[C@@H](O)CN1CC(c2ccc(Cl)cc2)=C(c2ccccc2)C1=O. The smallest absolute Gasteiger partial charge is 0.255 e. The van der Waals surface area contributed by atoms with Crippen molar-refractivity contribution < 1.29 is 9.90 Å². The molecule has 0 aliphatic carbocycles. The first-order chi connectivity index (χ1) is 11.6. The molecule has 0 saturated heterocycles. The topological polar surface area (TPSA) is 40.5 Å². The third kappa shape index (κ3) is 3.37. The largest absolute Gasteiger partial charge is 0.391 e. The first kappa shape index (κ1) is 16.7. The molecule has 0 bridgehead atoms. The van der Waals surface area contributed by atoms with Gasteiger partial charge in [0, 0.05) is 18.1 Å². The van der Waals surface area contributed by atoms with Gasteiger partial charge in [0.15, 0.2) is 0 Å². The van der Waals surface area contributed by atoms with E-state index >= 15 is 0 Å². The molecule has 3 rings (SSSR count). The summed E-state index contributed by atoms with van der Waals surface area (Å²) in [6.45, 7) is 2.77. The zero-order valence-electron chi connectivity index (χ0n) is 13.6. The van der Waals surface area contributed by atoms with Crippen LogP contribution in [0.15, 0.2) is 54.6 Å². The van der Waals surface area contributed by atoms with Crippen LogP contribution in [0.2, 0.25) is 5.02 Å². The Labute approximate surface area is 147 Å². The van der Waals surface area contributed by atoms with E-state index in [1.54, 1.807) is 4.90 Å². The number of hydrogen-bond acceptors (Lipinski definition) is 2. The van der Waals surface area contributed by atoms with Crippen LogP contribution >= 0.6 is 11.6 Å². The minimum absolute atomic E-state index is 0.0290. The van der Waals surface area contributed by atoms with Gasteiger partial charge in [-0.05, 0) is 35.3 Å². The number of carbonyl (C=O) groups excluding carboxylic acids is 1. The second kappa shape index (κ2) is 7.20. The molecule has 1 aliphatic rings. The highest BCUT2D eigenvalue weighted by Crippen LogP contribution is 2.35. The summed E-state index contributed by atoms with van der Waals surface area (Å²) in [5, 5.41) is 10.6. The van der Waals surface area contributed by atoms with Gasteiger partial charge in [-0.1, -0.05) is 61.0 Å². The van der Waals surface area contributed by atoms with Crippen LogP contribution in [-0.4, -0.2) is 35.1 Å². The van der Waals surface area contributed by atoms with Gasteiger partial charge in [0.1, 0.15) is 0 Å². The number of benzene rings is 2. The van der Waals surface area contributed by atoms with E-state index in [4.69, 9.17) is 11.6 Å². The van der Waals surface area contributed by atoms with Crippen LogP contribution in [0, 0.1) is 0 Å². The first-order valence-corrected chi connectivity index (χ1v) is 8.49.